The van der Waals surface area contributed by atoms with Gasteiger partial charge >= 0.3 is 0 Å². The molecule has 2 aromatic rings. The third-order valence-corrected chi connectivity index (χ3v) is 5.21. The van der Waals surface area contributed by atoms with Gasteiger partial charge in [0.15, 0.2) is 11.5 Å². The van der Waals surface area contributed by atoms with E-state index in [4.69, 9.17) is 26.4 Å². The second-order valence-corrected chi connectivity index (χ2v) is 6.66. The van der Waals surface area contributed by atoms with E-state index in [2.05, 4.69) is 21.9 Å². The van der Waals surface area contributed by atoms with Gasteiger partial charge in [0.1, 0.15) is 10.7 Å². The van der Waals surface area contributed by atoms with E-state index >= 15 is 0 Å². The number of benzene rings is 2. The van der Waals surface area contributed by atoms with Gasteiger partial charge in [-0.15, -0.1) is 0 Å². The molecular formula is C21H26N2O3S. The van der Waals surface area contributed by atoms with Crippen molar-refractivity contribution in [3.05, 3.63) is 48.0 Å². The maximum Gasteiger partial charge on any atom is 0.161 e. The van der Waals surface area contributed by atoms with E-state index in [0.29, 0.717) is 12.4 Å². The van der Waals surface area contributed by atoms with Gasteiger partial charge < -0.3 is 24.0 Å². The highest BCUT2D eigenvalue weighted by Gasteiger charge is 2.21. The van der Waals surface area contributed by atoms with E-state index in [1.165, 1.54) is 5.69 Å². The second kappa shape index (κ2) is 8.95. The topological polar surface area (TPSA) is 34.2 Å². The number of anilines is 1. The molecule has 0 saturated carbocycles. The first-order valence-electron chi connectivity index (χ1n) is 9.15. The quantitative estimate of drug-likeness (QED) is 0.706. The molecule has 0 radical (unpaired) electrons. The van der Waals surface area contributed by atoms with Crippen molar-refractivity contribution in [3.8, 4) is 17.2 Å². The lowest BCUT2D eigenvalue weighted by Gasteiger charge is -2.37. The Balaban J connectivity index is 1.64. The van der Waals surface area contributed by atoms with E-state index in [-0.39, 0.29) is 0 Å². The molecule has 0 aliphatic carbocycles. The lowest BCUT2D eigenvalue weighted by Crippen LogP contribution is -2.48. The van der Waals surface area contributed by atoms with E-state index in [9.17, 15) is 0 Å². The predicted octanol–water partition coefficient (Wildman–Crippen LogP) is 3.60. The molecule has 27 heavy (non-hydrogen) atoms. The van der Waals surface area contributed by atoms with Crippen molar-refractivity contribution in [2.75, 3.05) is 51.9 Å². The highest BCUT2D eigenvalue weighted by Crippen LogP contribution is 2.29. The van der Waals surface area contributed by atoms with E-state index in [1.54, 1.807) is 14.2 Å². The summed E-state index contributed by atoms with van der Waals surface area (Å²) in [5.74, 6) is 2.34. The average Bonchev–Trinajstić information content (AvgIpc) is 2.74. The Labute approximate surface area is 166 Å². The SMILES string of the molecule is CCOc1ccc(C(=S)N2CCN(c3ccc(OC)cc3)CC2)cc1OC. The van der Waals surface area contributed by atoms with Crippen LogP contribution in [0.15, 0.2) is 42.5 Å². The van der Waals surface area contributed by atoms with Gasteiger partial charge in [-0.05, 0) is 49.4 Å². The van der Waals surface area contributed by atoms with Crippen LogP contribution < -0.4 is 19.1 Å². The maximum absolute atomic E-state index is 5.74. The van der Waals surface area contributed by atoms with E-state index in [0.717, 1.165) is 48.2 Å². The van der Waals surface area contributed by atoms with Crippen molar-refractivity contribution < 1.29 is 14.2 Å². The summed E-state index contributed by atoms with van der Waals surface area (Å²) < 4.78 is 16.3. The minimum atomic E-state index is 0.605. The first-order valence-corrected chi connectivity index (χ1v) is 9.56. The molecule has 0 atom stereocenters. The van der Waals surface area contributed by atoms with Crippen molar-refractivity contribution in [3.63, 3.8) is 0 Å². The fourth-order valence-electron chi connectivity index (χ4n) is 3.22. The highest BCUT2D eigenvalue weighted by atomic mass is 32.1. The number of ether oxygens (including phenoxy) is 3. The molecule has 1 heterocycles. The third kappa shape index (κ3) is 4.45. The summed E-state index contributed by atoms with van der Waals surface area (Å²) in [4.78, 5) is 5.48. The molecule has 0 amide bonds. The molecule has 0 unspecified atom stereocenters. The Morgan fingerprint density at radius 2 is 1.63 bits per heavy atom. The van der Waals surface area contributed by atoms with Gasteiger partial charge in [0, 0.05) is 37.4 Å². The largest absolute Gasteiger partial charge is 0.497 e. The van der Waals surface area contributed by atoms with Crippen molar-refractivity contribution in [1.29, 1.82) is 0 Å². The van der Waals surface area contributed by atoms with Gasteiger partial charge in [0.2, 0.25) is 0 Å². The Morgan fingerprint density at radius 3 is 2.22 bits per heavy atom. The number of thiocarbonyl (C=S) groups is 1. The minimum absolute atomic E-state index is 0.605. The summed E-state index contributed by atoms with van der Waals surface area (Å²) >= 11 is 5.74. The average molecular weight is 387 g/mol. The van der Waals surface area contributed by atoms with Crippen LogP contribution in [0.1, 0.15) is 12.5 Å². The molecule has 0 bridgehead atoms. The first kappa shape index (κ1) is 19.3. The van der Waals surface area contributed by atoms with Crippen LogP contribution in [0.2, 0.25) is 0 Å². The lowest BCUT2D eigenvalue weighted by atomic mass is 10.1. The molecule has 0 N–H and O–H groups in total. The summed E-state index contributed by atoms with van der Waals surface area (Å²) in [5, 5.41) is 0. The van der Waals surface area contributed by atoms with Gasteiger partial charge in [0.25, 0.3) is 0 Å². The number of hydrogen-bond acceptors (Lipinski definition) is 5. The zero-order valence-electron chi connectivity index (χ0n) is 16.1. The molecule has 1 saturated heterocycles. The van der Waals surface area contributed by atoms with Crippen LogP contribution >= 0.6 is 12.2 Å². The second-order valence-electron chi connectivity index (χ2n) is 6.28. The highest BCUT2D eigenvalue weighted by molar-refractivity contribution is 7.80. The van der Waals surface area contributed by atoms with Crippen LogP contribution in [0.4, 0.5) is 5.69 Å². The van der Waals surface area contributed by atoms with E-state index in [1.807, 2.05) is 37.3 Å². The number of methoxy groups -OCH3 is 2. The zero-order chi connectivity index (χ0) is 19.2. The Hall–Kier alpha value is -2.47. The van der Waals surface area contributed by atoms with Crippen LogP contribution in [-0.4, -0.2) is 56.9 Å². The molecule has 5 nitrogen and oxygen atoms in total. The summed E-state index contributed by atoms with van der Waals surface area (Å²) in [6.07, 6.45) is 0. The Morgan fingerprint density at radius 1 is 0.926 bits per heavy atom. The van der Waals surface area contributed by atoms with Crippen LogP contribution in [0.25, 0.3) is 0 Å². The maximum atomic E-state index is 5.74. The molecule has 1 aliphatic rings. The summed E-state index contributed by atoms with van der Waals surface area (Å²) in [6.45, 7) is 6.20. The molecule has 3 rings (SSSR count). The number of hydrogen-bond donors (Lipinski definition) is 0. The Kier molecular flexibility index (Phi) is 6.40. The molecule has 6 heteroatoms. The van der Waals surface area contributed by atoms with Gasteiger partial charge in [-0.2, -0.15) is 0 Å². The van der Waals surface area contributed by atoms with Crippen molar-refractivity contribution in [1.82, 2.24) is 4.90 Å². The van der Waals surface area contributed by atoms with Crippen LogP contribution in [0.3, 0.4) is 0 Å². The third-order valence-electron chi connectivity index (χ3n) is 4.71. The summed E-state index contributed by atoms with van der Waals surface area (Å²) in [7, 11) is 3.34. The van der Waals surface area contributed by atoms with Crippen LogP contribution in [0, 0.1) is 0 Å². The molecule has 1 fully saturated rings. The van der Waals surface area contributed by atoms with Gasteiger partial charge in [-0.3, -0.25) is 0 Å². The van der Waals surface area contributed by atoms with Crippen molar-refractivity contribution >= 4 is 22.9 Å². The normalized spacial score (nSPS) is 14.0. The molecule has 0 aromatic heterocycles. The van der Waals surface area contributed by atoms with Crippen LogP contribution in [-0.2, 0) is 0 Å². The molecule has 144 valence electrons. The lowest BCUT2D eigenvalue weighted by molar-refractivity contribution is 0.311. The molecule has 1 aliphatic heterocycles. The molecular weight excluding hydrogens is 360 g/mol. The fraction of sp³-hybridized carbons (Fsp3) is 0.381. The standard InChI is InChI=1S/C21H26N2O3S/c1-4-26-19-10-5-16(15-20(19)25-3)21(27)23-13-11-22(12-14-23)17-6-8-18(24-2)9-7-17/h5-10,15H,4,11-14H2,1-3H3. The number of nitrogens with zero attached hydrogens (tertiary/aromatic N) is 2. The van der Waals surface area contributed by atoms with Crippen molar-refractivity contribution in [2.45, 2.75) is 6.92 Å². The molecule has 0 spiro atoms. The van der Waals surface area contributed by atoms with Gasteiger partial charge in [0.05, 0.1) is 20.8 Å². The number of piperazine rings is 1. The monoisotopic (exact) mass is 386 g/mol. The smallest absolute Gasteiger partial charge is 0.161 e. The van der Waals surface area contributed by atoms with Crippen LogP contribution in [0.5, 0.6) is 17.2 Å². The summed E-state index contributed by atoms with van der Waals surface area (Å²) in [6, 6.07) is 14.1. The van der Waals surface area contributed by atoms with Crippen molar-refractivity contribution in [2.24, 2.45) is 0 Å². The molecule has 2 aromatic carbocycles. The minimum Gasteiger partial charge on any atom is -0.497 e. The predicted molar refractivity (Wildman–Crippen MR) is 113 cm³/mol. The fourth-order valence-corrected chi connectivity index (χ4v) is 3.53. The summed E-state index contributed by atoms with van der Waals surface area (Å²) in [5.41, 5.74) is 2.20. The zero-order valence-corrected chi connectivity index (χ0v) is 16.9. The first-order chi connectivity index (χ1) is 13.2. The van der Waals surface area contributed by atoms with Gasteiger partial charge in [-0.25, -0.2) is 0 Å². The Bertz CT molecular complexity index is 771. The van der Waals surface area contributed by atoms with E-state index < -0.39 is 0 Å². The van der Waals surface area contributed by atoms with Gasteiger partial charge in [-0.1, -0.05) is 12.2 Å². The number of rotatable bonds is 6.